The summed E-state index contributed by atoms with van der Waals surface area (Å²) in [6, 6.07) is 22.9. The molecule has 2 aliphatic carbocycles. The summed E-state index contributed by atoms with van der Waals surface area (Å²) in [6.45, 7) is 4.27. The predicted octanol–water partition coefficient (Wildman–Crippen LogP) is 7.19. The number of aromatic nitrogens is 2. The van der Waals surface area contributed by atoms with E-state index < -0.39 is 0 Å². The van der Waals surface area contributed by atoms with E-state index in [0.717, 1.165) is 71.3 Å². The first kappa shape index (κ1) is 24.1. The van der Waals surface area contributed by atoms with Crippen molar-refractivity contribution in [2.75, 3.05) is 7.11 Å². The van der Waals surface area contributed by atoms with Gasteiger partial charge in [0.05, 0.1) is 24.1 Å². The van der Waals surface area contributed by atoms with Gasteiger partial charge in [0.15, 0.2) is 5.16 Å². The van der Waals surface area contributed by atoms with Gasteiger partial charge in [-0.25, -0.2) is 4.98 Å². The molecule has 0 bridgehead atoms. The summed E-state index contributed by atoms with van der Waals surface area (Å²) in [5.41, 5.74) is 8.79. The molecular formula is C32H32N2O2S. The van der Waals surface area contributed by atoms with Crippen LogP contribution in [0, 0.1) is 13.8 Å². The number of hydrogen-bond donors (Lipinski definition) is 0. The zero-order valence-electron chi connectivity index (χ0n) is 21.7. The zero-order valence-corrected chi connectivity index (χ0v) is 22.5. The maximum atomic E-state index is 14.6. The Bertz CT molecular complexity index is 1530. The second kappa shape index (κ2) is 9.53. The second-order valence-corrected chi connectivity index (χ2v) is 11.4. The summed E-state index contributed by atoms with van der Waals surface area (Å²) < 4.78 is 7.24. The molecule has 0 unspecified atom stereocenters. The Morgan fingerprint density at radius 1 is 1.00 bits per heavy atom. The van der Waals surface area contributed by atoms with Crippen LogP contribution in [0.25, 0.3) is 16.9 Å². The molecule has 1 saturated carbocycles. The molecule has 0 N–H and O–H groups in total. The average molecular weight is 509 g/mol. The van der Waals surface area contributed by atoms with Gasteiger partial charge in [0.1, 0.15) is 5.75 Å². The van der Waals surface area contributed by atoms with E-state index in [1.165, 1.54) is 22.3 Å². The van der Waals surface area contributed by atoms with Gasteiger partial charge in [-0.15, -0.1) is 0 Å². The molecule has 1 heterocycles. The lowest BCUT2D eigenvalue weighted by molar-refractivity contribution is 0.414. The van der Waals surface area contributed by atoms with Crippen molar-refractivity contribution in [2.24, 2.45) is 0 Å². The van der Waals surface area contributed by atoms with Crippen LogP contribution in [0.5, 0.6) is 5.75 Å². The van der Waals surface area contributed by atoms with Crippen molar-refractivity contribution in [3.8, 4) is 22.7 Å². The molecule has 0 aliphatic heterocycles. The lowest BCUT2D eigenvalue weighted by Gasteiger charge is -2.36. The van der Waals surface area contributed by atoms with E-state index in [0.29, 0.717) is 0 Å². The minimum absolute atomic E-state index is 0.0784. The van der Waals surface area contributed by atoms with Gasteiger partial charge in [0, 0.05) is 16.7 Å². The minimum Gasteiger partial charge on any atom is -0.497 e. The standard InChI is InChI=1S/C32H32N2O2S/c1-21-10-11-24(22(2)18-21)20-37-31-33-29-27-9-5-4-8-23(27)19-32(16-6-7-17-32)28(29)30(35)34(31)25-12-14-26(36-3)15-13-25/h4-5,8-15,18H,6-7,16-17,19-20H2,1-3H3. The van der Waals surface area contributed by atoms with Crippen molar-refractivity contribution in [3.63, 3.8) is 0 Å². The monoisotopic (exact) mass is 508 g/mol. The highest BCUT2D eigenvalue weighted by Gasteiger charge is 2.44. The van der Waals surface area contributed by atoms with E-state index in [4.69, 9.17) is 9.72 Å². The molecular weight excluding hydrogens is 476 g/mol. The van der Waals surface area contributed by atoms with Gasteiger partial charge in [0.2, 0.25) is 0 Å². The third kappa shape index (κ3) is 4.19. The maximum absolute atomic E-state index is 14.6. The van der Waals surface area contributed by atoms with Gasteiger partial charge in [0.25, 0.3) is 5.56 Å². The number of ether oxygens (including phenoxy) is 1. The van der Waals surface area contributed by atoms with Crippen LogP contribution in [0.3, 0.4) is 0 Å². The molecule has 1 spiro atoms. The van der Waals surface area contributed by atoms with Crippen LogP contribution < -0.4 is 10.3 Å². The molecule has 0 saturated heterocycles. The molecule has 37 heavy (non-hydrogen) atoms. The van der Waals surface area contributed by atoms with Crippen molar-refractivity contribution < 1.29 is 4.74 Å². The summed E-state index contributed by atoms with van der Waals surface area (Å²) in [5, 5.41) is 0.735. The highest BCUT2D eigenvalue weighted by atomic mass is 32.2. The molecule has 3 aromatic carbocycles. The third-order valence-electron chi connectivity index (χ3n) is 8.13. The van der Waals surface area contributed by atoms with Crippen LogP contribution in [-0.2, 0) is 17.6 Å². The number of thioether (sulfide) groups is 1. The Balaban J connectivity index is 1.56. The van der Waals surface area contributed by atoms with Gasteiger partial charge in [-0.3, -0.25) is 9.36 Å². The summed E-state index contributed by atoms with van der Waals surface area (Å²) in [6.07, 6.45) is 5.33. The molecule has 5 heteroatoms. The third-order valence-corrected chi connectivity index (χ3v) is 9.12. The molecule has 2 aliphatic rings. The van der Waals surface area contributed by atoms with Gasteiger partial charge >= 0.3 is 0 Å². The SMILES string of the molecule is COc1ccc(-n2c(SCc3ccc(C)cc3C)nc3c(c2=O)C2(CCCC2)Cc2ccccc2-3)cc1. The number of aryl methyl sites for hydroxylation is 2. The normalized spacial score (nSPS) is 15.4. The largest absolute Gasteiger partial charge is 0.497 e. The molecule has 0 atom stereocenters. The number of methoxy groups -OCH3 is 1. The number of nitrogens with zero attached hydrogens (tertiary/aromatic N) is 2. The summed E-state index contributed by atoms with van der Waals surface area (Å²) in [4.78, 5) is 19.9. The Morgan fingerprint density at radius 3 is 2.49 bits per heavy atom. The van der Waals surface area contributed by atoms with E-state index in [1.54, 1.807) is 18.9 Å². The first-order chi connectivity index (χ1) is 18.0. The average Bonchev–Trinajstić information content (AvgIpc) is 3.36. The van der Waals surface area contributed by atoms with Crippen molar-refractivity contribution in [1.29, 1.82) is 0 Å². The smallest absolute Gasteiger partial charge is 0.263 e. The van der Waals surface area contributed by atoms with Crippen LogP contribution in [0.4, 0.5) is 0 Å². The number of fused-ring (bicyclic) bond motifs is 4. The van der Waals surface area contributed by atoms with Crippen LogP contribution in [-0.4, -0.2) is 16.7 Å². The van der Waals surface area contributed by atoms with E-state index in [1.807, 2.05) is 28.8 Å². The number of rotatable bonds is 5. The molecule has 4 nitrogen and oxygen atoms in total. The van der Waals surface area contributed by atoms with E-state index in [-0.39, 0.29) is 11.0 Å². The fraction of sp³-hybridized carbons (Fsp3) is 0.312. The van der Waals surface area contributed by atoms with Crippen LogP contribution >= 0.6 is 11.8 Å². The van der Waals surface area contributed by atoms with Crippen molar-refractivity contribution in [1.82, 2.24) is 9.55 Å². The highest BCUT2D eigenvalue weighted by Crippen LogP contribution is 2.50. The Morgan fingerprint density at radius 2 is 1.76 bits per heavy atom. The van der Waals surface area contributed by atoms with Gasteiger partial charge in [-0.2, -0.15) is 0 Å². The Kier molecular flexibility index (Phi) is 6.20. The van der Waals surface area contributed by atoms with Crippen molar-refractivity contribution >= 4 is 11.8 Å². The lowest BCUT2D eigenvalue weighted by atomic mass is 9.68. The van der Waals surface area contributed by atoms with E-state index >= 15 is 0 Å². The Hall–Kier alpha value is -3.31. The summed E-state index contributed by atoms with van der Waals surface area (Å²) in [7, 11) is 1.66. The van der Waals surface area contributed by atoms with Crippen LogP contribution in [0.2, 0.25) is 0 Å². The second-order valence-electron chi connectivity index (χ2n) is 10.5. The summed E-state index contributed by atoms with van der Waals surface area (Å²) >= 11 is 1.64. The summed E-state index contributed by atoms with van der Waals surface area (Å²) in [5.74, 6) is 1.52. The molecule has 0 amide bonds. The highest BCUT2D eigenvalue weighted by molar-refractivity contribution is 7.98. The van der Waals surface area contributed by atoms with Crippen molar-refractivity contribution in [3.05, 3.63) is 105 Å². The molecule has 1 aromatic heterocycles. The zero-order chi connectivity index (χ0) is 25.6. The van der Waals surface area contributed by atoms with Crippen LogP contribution in [0.15, 0.2) is 76.7 Å². The minimum atomic E-state index is -0.126. The molecule has 1 fully saturated rings. The Labute approximate surface area is 222 Å². The fourth-order valence-corrected chi connectivity index (χ4v) is 7.30. The molecule has 0 radical (unpaired) electrons. The molecule has 188 valence electrons. The maximum Gasteiger partial charge on any atom is 0.263 e. The first-order valence-corrected chi connectivity index (χ1v) is 14.1. The fourth-order valence-electron chi connectivity index (χ4n) is 6.22. The van der Waals surface area contributed by atoms with E-state index in [2.05, 4.69) is 56.3 Å². The van der Waals surface area contributed by atoms with Gasteiger partial charge in [-0.1, -0.05) is 72.6 Å². The van der Waals surface area contributed by atoms with Gasteiger partial charge in [-0.05, 0) is 74.1 Å². The van der Waals surface area contributed by atoms with Crippen LogP contribution in [0.1, 0.15) is 53.5 Å². The number of hydrogen-bond acceptors (Lipinski definition) is 4. The van der Waals surface area contributed by atoms with Crippen molar-refractivity contribution in [2.45, 2.75) is 62.3 Å². The topological polar surface area (TPSA) is 44.1 Å². The van der Waals surface area contributed by atoms with Gasteiger partial charge < -0.3 is 4.74 Å². The quantitative estimate of drug-likeness (QED) is 0.211. The molecule has 4 aromatic rings. The first-order valence-electron chi connectivity index (χ1n) is 13.1. The molecule has 6 rings (SSSR count). The number of benzene rings is 3. The predicted molar refractivity (Wildman–Crippen MR) is 151 cm³/mol. The van der Waals surface area contributed by atoms with E-state index in [9.17, 15) is 4.79 Å². The lowest BCUT2D eigenvalue weighted by Crippen LogP contribution is -2.40.